The molecule has 2 rings (SSSR count). The number of hydrogen-bond acceptors (Lipinski definition) is 3. The normalized spacial score (nSPS) is 19.3. The molecule has 1 aliphatic rings. The largest absolute Gasteiger partial charge is 0.506 e. The molecule has 4 nitrogen and oxygen atoms in total. The van der Waals surface area contributed by atoms with Crippen LogP contribution in [0.4, 0.5) is 0 Å². The van der Waals surface area contributed by atoms with Crippen LogP contribution in [-0.2, 0) is 0 Å². The zero-order chi connectivity index (χ0) is 13.3. The molecule has 6 heteroatoms. The van der Waals surface area contributed by atoms with Gasteiger partial charge in [0.05, 0.1) is 10.0 Å². The number of amides is 1. The first-order valence-electron chi connectivity index (χ1n) is 5.61. The maximum absolute atomic E-state index is 12.2. The van der Waals surface area contributed by atoms with Crippen molar-refractivity contribution in [2.75, 3.05) is 19.7 Å². The van der Waals surface area contributed by atoms with Crippen molar-refractivity contribution in [2.24, 2.45) is 5.92 Å². The van der Waals surface area contributed by atoms with Gasteiger partial charge < -0.3 is 15.1 Å². The molecule has 0 spiro atoms. The Morgan fingerprint density at radius 3 is 2.89 bits per heavy atom. The number of likely N-dealkylation sites (tertiary alicyclic amines) is 1. The lowest BCUT2D eigenvalue weighted by molar-refractivity contribution is 0.0778. The molecule has 18 heavy (non-hydrogen) atoms. The van der Waals surface area contributed by atoms with E-state index in [9.17, 15) is 9.90 Å². The number of benzene rings is 1. The van der Waals surface area contributed by atoms with E-state index in [0.29, 0.717) is 22.6 Å². The van der Waals surface area contributed by atoms with Crippen LogP contribution in [0.1, 0.15) is 16.8 Å². The van der Waals surface area contributed by atoms with Crippen LogP contribution in [0.3, 0.4) is 0 Å². The van der Waals surface area contributed by atoms with Crippen molar-refractivity contribution >= 4 is 33.4 Å². The predicted octanol–water partition coefficient (Wildman–Crippen LogP) is 2.26. The molecule has 1 saturated heterocycles. The molecule has 0 bridgehead atoms. The smallest absolute Gasteiger partial charge is 0.257 e. The maximum Gasteiger partial charge on any atom is 0.257 e. The molecule has 2 N–H and O–H groups in total. The van der Waals surface area contributed by atoms with Crippen molar-refractivity contribution in [3.05, 3.63) is 27.2 Å². The third-order valence-electron chi connectivity index (χ3n) is 3.09. The Kier molecular flexibility index (Phi) is 4.14. The van der Waals surface area contributed by atoms with Gasteiger partial charge in [-0.15, -0.1) is 0 Å². The van der Waals surface area contributed by atoms with E-state index in [2.05, 4.69) is 15.9 Å². The van der Waals surface area contributed by atoms with Gasteiger partial charge in [0.15, 0.2) is 0 Å². The van der Waals surface area contributed by atoms with Gasteiger partial charge in [0.25, 0.3) is 5.91 Å². The number of carbonyl (C=O) groups is 1. The molecule has 0 saturated carbocycles. The first kappa shape index (κ1) is 13.6. The van der Waals surface area contributed by atoms with Gasteiger partial charge in [0.2, 0.25) is 0 Å². The summed E-state index contributed by atoms with van der Waals surface area (Å²) in [6.45, 7) is 1.18. The lowest BCUT2D eigenvalue weighted by Gasteiger charge is -2.17. The maximum atomic E-state index is 12.2. The minimum absolute atomic E-state index is 0.0784. The topological polar surface area (TPSA) is 60.8 Å². The highest BCUT2D eigenvalue weighted by molar-refractivity contribution is 9.10. The minimum atomic E-state index is -0.258. The molecule has 1 amide bonds. The van der Waals surface area contributed by atoms with Crippen molar-refractivity contribution in [2.45, 2.75) is 6.42 Å². The summed E-state index contributed by atoms with van der Waals surface area (Å²) in [5, 5.41) is 19.3. The second-order valence-corrected chi connectivity index (χ2v) is 5.66. The Balaban J connectivity index is 2.24. The lowest BCUT2D eigenvalue weighted by atomic mass is 10.1. The number of aromatic hydroxyl groups is 1. The number of aliphatic hydroxyl groups excluding tert-OH is 1. The fourth-order valence-electron chi connectivity index (χ4n) is 2.07. The number of aliphatic hydroxyl groups is 1. The van der Waals surface area contributed by atoms with Crippen LogP contribution in [0.15, 0.2) is 16.6 Å². The molecular weight excluding hydrogens is 321 g/mol. The zero-order valence-electron chi connectivity index (χ0n) is 9.57. The van der Waals surface area contributed by atoms with E-state index in [1.165, 1.54) is 12.1 Å². The molecule has 0 radical (unpaired) electrons. The van der Waals surface area contributed by atoms with Gasteiger partial charge in [-0.05, 0) is 34.5 Å². The summed E-state index contributed by atoms with van der Waals surface area (Å²) in [4.78, 5) is 13.9. The van der Waals surface area contributed by atoms with Gasteiger partial charge in [0.1, 0.15) is 5.75 Å². The van der Waals surface area contributed by atoms with Gasteiger partial charge in [0, 0.05) is 30.6 Å². The summed E-state index contributed by atoms with van der Waals surface area (Å²) in [6, 6.07) is 2.99. The average molecular weight is 335 g/mol. The van der Waals surface area contributed by atoms with Crippen molar-refractivity contribution in [3.63, 3.8) is 0 Å². The molecule has 1 aliphatic heterocycles. The molecule has 1 aromatic carbocycles. The Hall–Kier alpha value is -0.780. The molecule has 1 aromatic rings. The van der Waals surface area contributed by atoms with Crippen LogP contribution in [0.25, 0.3) is 0 Å². The molecule has 0 aliphatic carbocycles. The number of phenolic OH excluding ortho intramolecular Hbond substituents is 1. The van der Waals surface area contributed by atoms with Crippen LogP contribution in [-0.4, -0.2) is 40.7 Å². The Labute approximate surface area is 118 Å². The van der Waals surface area contributed by atoms with E-state index in [-0.39, 0.29) is 29.7 Å². The molecule has 1 atom stereocenters. The van der Waals surface area contributed by atoms with Crippen LogP contribution in [0.5, 0.6) is 5.75 Å². The highest BCUT2D eigenvalue weighted by Gasteiger charge is 2.28. The minimum Gasteiger partial charge on any atom is -0.506 e. The van der Waals surface area contributed by atoms with E-state index >= 15 is 0 Å². The summed E-state index contributed by atoms with van der Waals surface area (Å²) in [7, 11) is 0. The standard InChI is InChI=1S/C12H13BrClNO3/c13-10-4-8(14)3-9(11(10)17)12(18)15-2-1-7(5-15)6-16/h3-4,7,16-17H,1-2,5-6H2. The van der Waals surface area contributed by atoms with E-state index in [1.807, 2.05) is 0 Å². The van der Waals surface area contributed by atoms with E-state index in [1.54, 1.807) is 4.90 Å². The molecule has 98 valence electrons. The van der Waals surface area contributed by atoms with Crippen LogP contribution in [0.2, 0.25) is 5.02 Å². The van der Waals surface area contributed by atoms with Crippen LogP contribution < -0.4 is 0 Å². The summed E-state index contributed by atoms with van der Waals surface area (Å²) in [5.41, 5.74) is 0.188. The van der Waals surface area contributed by atoms with Gasteiger partial charge >= 0.3 is 0 Å². The second kappa shape index (κ2) is 5.47. The zero-order valence-corrected chi connectivity index (χ0v) is 11.9. The Morgan fingerprint density at radius 1 is 1.56 bits per heavy atom. The Bertz CT molecular complexity index is 481. The highest BCUT2D eigenvalue weighted by atomic mass is 79.9. The van der Waals surface area contributed by atoms with Gasteiger partial charge in [-0.2, -0.15) is 0 Å². The number of carbonyl (C=O) groups excluding carboxylic acids is 1. The fraction of sp³-hybridized carbons (Fsp3) is 0.417. The monoisotopic (exact) mass is 333 g/mol. The van der Waals surface area contributed by atoms with Crippen LogP contribution in [0, 0.1) is 5.92 Å². The van der Waals surface area contributed by atoms with Crippen molar-refractivity contribution < 1.29 is 15.0 Å². The number of halogens is 2. The quantitative estimate of drug-likeness (QED) is 0.872. The third-order valence-corrected chi connectivity index (χ3v) is 3.91. The Morgan fingerprint density at radius 2 is 2.28 bits per heavy atom. The lowest BCUT2D eigenvalue weighted by Crippen LogP contribution is -2.29. The van der Waals surface area contributed by atoms with E-state index in [0.717, 1.165) is 6.42 Å². The molecule has 0 aromatic heterocycles. The molecule has 1 heterocycles. The highest BCUT2D eigenvalue weighted by Crippen LogP contribution is 2.33. The first-order valence-corrected chi connectivity index (χ1v) is 6.78. The van der Waals surface area contributed by atoms with Gasteiger partial charge in [-0.3, -0.25) is 4.79 Å². The second-order valence-electron chi connectivity index (χ2n) is 4.37. The van der Waals surface area contributed by atoms with Crippen molar-refractivity contribution in [3.8, 4) is 5.75 Å². The summed E-state index contributed by atoms with van der Waals surface area (Å²) < 4.78 is 0.399. The first-order chi connectivity index (χ1) is 8.52. The summed E-state index contributed by atoms with van der Waals surface area (Å²) in [6.07, 6.45) is 0.782. The third kappa shape index (κ3) is 2.63. The average Bonchev–Trinajstić information content (AvgIpc) is 2.81. The summed E-state index contributed by atoms with van der Waals surface area (Å²) in [5.74, 6) is -0.234. The summed E-state index contributed by atoms with van der Waals surface area (Å²) >= 11 is 9.03. The molecule has 1 unspecified atom stereocenters. The van der Waals surface area contributed by atoms with Crippen molar-refractivity contribution in [1.82, 2.24) is 4.90 Å². The van der Waals surface area contributed by atoms with Crippen LogP contribution >= 0.6 is 27.5 Å². The van der Waals surface area contributed by atoms with Crippen molar-refractivity contribution in [1.29, 1.82) is 0 Å². The number of phenols is 1. The predicted molar refractivity (Wildman–Crippen MR) is 71.9 cm³/mol. The van der Waals surface area contributed by atoms with E-state index < -0.39 is 0 Å². The van der Waals surface area contributed by atoms with E-state index in [4.69, 9.17) is 16.7 Å². The fourth-order valence-corrected chi connectivity index (χ4v) is 2.88. The van der Waals surface area contributed by atoms with Gasteiger partial charge in [-0.25, -0.2) is 0 Å². The molecular formula is C12H13BrClNO3. The SMILES string of the molecule is O=C(c1cc(Cl)cc(Br)c1O)N1CCC(CO)C1. The number of rotatable bonds is 2. The molecule has 1 fully saturated rings. The number of nitrogens with zero attached hydrogens (tertiary/aromatic N) is 1. The number of hydrogen-bond donors (Lipinski definition) is 2. The van der Waals surface area contributed by atoms with Gasteiger partial charge in [-0.1, -0.05) is 11.6 Å².